The summed E-state index contributed by atoms with van der Waals surface area (Å²) in [6.45, 7) is 4.23. The van der Waals surface area contributed by atoms with Crippen molar-refractivity contribution in [3.05, 3.63) is 30.3 Å². The van der Waals surface area contributed by atoms with Crippen LogP contribution in [0.4, 0.5) is 0 Å². The summed E-state index contributed by atoms with van der Waals surface area (Å²) in [4.78, 5) is 0. The number of hydrogen-bond acceptors (Lipinski definition) is 0. The van der Waals surface area contributed by atoms with Crippen LogP contribution >= 0.6 is 11.1 Å². The van der Waals surface area contributed by atoms with Gasteiger partial charge in [-0.3, -0.25) is 0 Å². The second-order valence-corrected chi connectivity index (χ2v) is 9.12. The number of halogens is 1. The van der Waals surface area contributed by atoms with Gasteiger partial charge in [-0.05, 0) is 11.3 Å². The van der Waals surface area contributed by atoms with E-state index in [1.807, 2.05) is 24.3 Å². The second-order valence-electron chi connectivity index (χ2n) is 2.76. The molecule has 0 spiro atoms. The molecule has 1 radical (unpaired) electrons. The molecule has 0 atom stereocenters. The standard InChI is InChI=1S/C8H10ClSi/c1-10(2,9)8-6-4-3-5-7-8/h4-7H,1-2H3. The molecule has 0 aliphatic heterocycles. The second kappa shape index (κ2) is 2.77. The molecular formula is C8H10ClSi. The average Bonchev–Trinajstić information content (AvgIpc) is 1.88. The molecular weight excluding hydrogens is 160 g/mol. The van der Waals surface area contributed by atoms with Crippen LogP contribution in [0.25, 0.3) is 0 Å². The summed E-state index contributed by atoms with van der Waals surface area (Å²) in [6, 6.07) is 10.9. The lowest BCUT2D eigenvalue weighted by molar-refractivity contribution is 1.72. The smallest absolute Gasteiger partial charge is 0.162 e. The highest BCUT2D eigenvalue weighted by Crippen LogP contribution is 2.06. The van der Waals surface area contributed by atoms with Gasteiger partial charge in [0.05, 0.1) is 0 Å². The zero-order valence-corrected chi connectivity index (χ0v) is 7.94. The van der Waals surface area contributed by atoms with E-state index in [1.165, 1.54) is 5.19 Å². The van der Waals surface area contributed by atoms with Crippen molar-refractivity contribution in [1.29, 1.82) is 0 Å². The topological polar surface area (TPSA) is 0 Å². The van der Waals surface area contributed by atoms with Crippen molar-refractivity contribution in [1.82, 2.24) is 0 Å². The first-order valence-electron chi connectivity index (χ1n) is 3.26. The third-order valence-corrected chi connectivity index (χ3v) is 3.77. The van der Waals surface area contributed by atoms with Gasteiger partial charge in [0.25, 0.3) is 0 Å². The Labute approximate surface area is 67.6 Å². The van der Waals surface area contributed by atoms with E-state index in [-0.39, 0.29) is 0 Å². The van der Waals surface area contributed by atoms with Crippen molar-refractivity contribution < 1.29 is 0 Å². The Balaban J connectivity index is 2.97. The fraction of sp³-hybridized carbons (Fsp3) is 0.250. The minimum atomic E-state index is -1.58. The molecule has 0 aliphatic rings. The summed E-state index contributed by atoms with van der Waals surface area (Å²) < 4.78 is 0. The summed E-state index contributed by atoms with van der Waals surface area (Å²) >= 11 is 6.18. The Morgan fingerprint density at radius 2 is 1.80 bits per heavy atom. The molecule has 0 unspecified atom stereocenters. The Hall–Kier alpha value is -0.273. The zero-order valence-electron chi connectivity index (χ0n) is 6.19. The van der Waals surface area contributed by atoms with E-state index in [2.05, 4.69) is 19.2 Å². The highest BCUT2D eigenvalue weighted by atomic mass is 35.6. The fourth-order valence-electron chi connectivity index (χ4n) is 0.783. The first-order valence-corrected chi connectivity index (χ1v) is 7.27. The van der Waals surface area contributed by atoms with Crippen LogP contribution in [0.15, 0.2) is 24.3 Å². The van der Waals surface area contributed by atoms with Gasteiger partial charge >= 0.3 is 0 Å². The van der Waals surface area contributed by atoms with Crippen LogP contribution < -0.4 is 5.19 Å². The van der Waals surface area contributed by atoms with Gasteiger partial charge in [-0.15, -0.1) is 0 Å². The predicted octanol–water partition coefficient (Wildman–Crippen LogP) is 2.14. The third kappa shape index (κ3) is 1.86. The maximum atomic E-state index is 6.18. The van der Waals surface area contributed by atoms with E-state index in [4.69, 9.17) is 11.1 Å². The van der Waals surface area contributed by atoms with Crippen molar-refractivity contribution in [2.45, 2.75) is 13.1 Å². The molecule has 1 aromatic carbocycles. The molecule has 0 amide bonds. The number of hydrogen-bond donors (Lipinski definition) is 0. The van der Waals surface area contributed by atoms with Crippen molar-refractivity contribution in [3.8, 4) is 0 Å². The molecule has 0 fully saturated rings. The minimum Gasteiger partial charge on any atom is -0.162 e. The number of rotatable bonds is 1. The summed E-state index contributed by atoms with van der Waals surface area (Å²) in [5, 5.41) is 1.27. The largest absolute Gasteiger partial charge is 0.180 e. The van der Waals surface area contributed by atoms with Gasteiger partial charge in [0, 0.05) is 0 Å². The molecule has 0 heterocycles. The van der Waals surface area contributed by atoms with Crippen molar-refractivity contribution in [2.24, 2.45) is 0 Å². The lowest BCUT2D eigenvalue weighted by Gasteiger charge is -2.11. The Morgan fingerprint density at radius 3 is 2.10 bits per heavy atom. The molecule has 2 heteroatoms. The molecule has 0 nitrogen and oxygen atoms in total. The first-order chi connectivity index (χ1) is 4.61. The van der Waals surface area contributed by atoms with Gasteiger partial charge < -0.3 is 0 Å². The summed E-state index contributed by atoms with van der Waals surface area (Å²) in [5.41, 5.74) is 0. The van der Waals surface area contributed by atoms with Gasteiger partial charge in [-0.1, -0.05) is 37.4 Å². The first kappa shape index (κ1) is 7.83. The third-order valence-electron chi connectivity index (χ3n) is 1.40. The Kier molecular flexibility index (Phi) is 2.17. The van der Waals surface area contributed by atoms with Crippen molar-refractivity contribution >= 4 is 23.6 Å². The Morgan fingerprint density at radius 1 is 1.30 bits per heavy atom. The van der Waals surface area contributed by atoms with Gasteiger partial charge in [0.2, 0.25) is 0 Å². The van der Waals surface area contributed by atoms with Crippen molar-refractivity contribution in [3.63, 3.8) is 0 Å². The molecule has 10 heavy (non-hydrogen) atoms. The van der Waals surface area contributed by atoms with E-state index in [0.717, 1.165) is 0 Å². The highest BCUT2D eigenvalue weighted by Gasteiger charge is 2.18. The molecule has 1 aromatic rings. The van der Waals surface area contributed by atoms with Crippen LogP contribution in [0.1, 0.15) is 0 Å². The van der Waals surface area contributed by atoms with Crippen LogP contribution in [-0.2, 0) is 0 Å². The molecule has 53 valence electrons. The van der Waals surface area contributed by atoms with Crippen LogP contribution in [0.3, 0.4) is 0 Å². The highest BCUT2D eigenvalue weighted by molar-refractivity contribution is 7.26. The van der Waals surface area contributed by atoms with Crippen LogP contribution in [0.5, 0.6) is 0 Å². The van der Waals surface area contributed by atoms with Gasteiger partial charge in [0.1, 0.15) is 0 Å². The molecule has 0 aliphatic carbocycles. The quantitative estimate of drug-likeness (QED) is 0.447. The van der Waals surface area contributed by atoms with E-state index >= 15 is 0 Å². The molecule has 0 saturated carbocycles. The summed E-state index contributed by atoms with van der Waals surface area (Å²) in [5.74, 6) is 0. The zero-order chi connectivity index (χ0) is 7.61. The van der Waals surface area contributed by atoms with E-state index in [0.29, 0.717) is 0 Å². The molecule has 0 N–H and O–H groups in total. The van der Waals surface area contributed by atoms with E-state index in [9.17, 15) is 0 Å². The SMILES string of the molecule is C[Si](C)(Cl)c1cc[c]cc1. The lowest BCUT2D eigenvalue weighted by atomic mass is 10.4. The monoisotopic (exact) mass is 169 g/mol. The van der Waals surface area contributed by atoms with Gasteiger partial charge in [0.15, 0.2) is 7.38 Å². The molecule has 0 aromatic heterocycles. The van der Waals surface area contributed by atoms with Gasteiger partial charge in [-0.2, -0.15) is 11.1 Å². The maximum Gasteiger partial charge on any atom is 0.180 e. The molecule has 1 rings (SSSR count). The average molecular weight is 170 g/mol. The van der Waals surface area contributed by atoms with E-state index < -0.39 is 7.38 Å². The minimum absolute atomic E-state index is 1.27. The van der Waals surface area contributed by atoms with Crippen LogP contribution in [-0.4, -0.2) is 7.38 Å². The summed E-state index contributed by atoms with van der Waals surface area (Å²) in [6.07, 6.45) is 0. The van der Waals surface area contributed by atoms with Crippen molar-refractivity contribution in [2.75, 3.05) is 0 Å². The summed E-state index contributed by atoms with van der Waals surface area (Å²) in [7, 11) is -1.58. The predicted molar refractivity (Wildman–Crippen MR) is 48.2 cm³/mol. The Bertz CT molecular complexity index is 200. The molecule has 0 saturated heterocycles. The van der Waals surface area contributed by atoms with Crippen LogP contribution in [0.2, 0.25) is 13.1 Å². The normalized spacial score (nSPS) is 11.5. The van der Waals surface area contributed by atoms with E-state index in [1.54, 1.807) is 0 Å². The fourth-order valence-corrected chi connectivity index (χ4v) is 2.12. The number of benzene rings is 1. The lowest BCUT2D eigenvalue weighted by Crippen LogP contribution is -2.34. The van der Waals surface area contributed by atoms with Crippen LogP contribution in [0, 0.1) is 6.07 Å². The van der Waals surface area contributed by atoms with Gasteiger partial charge in [-0.25, -0.2) is 0 Å². The molecule has 0 bridgehead atoms. The maximum absolute atomic E-state index is 6.18.